The topological polar surface area (TPSA) is 151 Å². The van der Waals surface area contributed by atoms with Crippen LogP contribution in [0.3, 0.4) is 0 Å². The van der Waals surface area contributed by atoms with Gasteiger partial charge in [-0.25, -0.2) is 10.5 Å². The van der Waals surface area contributed by atoms with Crippen molar-refractivity contribution < 1.29 is 9.76 Å². The first-order valence-electron chi connectivity index (χ1n) is 5.97. The van der Waals surface area contributed by atoms with Crippen molar-refractivity contribution in [2.75, 3.05) is 19.0 Å². The Morgan fingerprint density at radius 1 is 1.71 bits per heavy atom. The predicted molar refractivity (Wildman–Crippen MR) is 79.2 cm³/mol. The fourth-order valence-electron chi connectivity index (χ4n) is 1.30. The third-order valence-corrected chi connectivity index (χ3v) is 2.97. The van der Waals surface area contributed by atoms with Gasteiger partial charge in [-0.2, -0.15) is 0 Å². The van der Waals surface area contributed by atoms with Gasteiger partial charge in [0.2, 0.25) is 0 Å². The van der Waals surface area contributed by atoms with Crippen molar-refractivity contribution in [2.45, 2.75) is 12.8 Å². The van der Waals surface area contributed by atoms with Crippen LogP contribution in [0, 0.1) is 15.5 Å². The van der Waals surface area contributed by atoms with Gasteiger partial charge < -0.3 is 16.4 Å². The zero-order chi connectivity index (χ0) is 15.7. The minimum Gasteiger partial charge on any atom is -0.370 e. The third kappa shape index (κ3) is 7.08. The molecule has 0 bridgehead atoms. The van der Waals surface area contributed by atoms with Crippen molar-refractivity contribution in [2.24, 2.45) is 5.73 Å². The summed E-state index contributed by atoms with van der Waals surface area (Å²) in [5, 5.41) is 25.0. The van der Waals surface area contributed by atoms with E-state index < -0.39 is 4.92 Å². The molecule has 0 aliphatic heterocycles. The molecule has 116 valence electrons. The molecule has 21 heavy (non-hydrogen) atoms. The summed E-state index contributed by atoms with van der Waals surface area (Å²) in [5.41, 5.74) is 8.52. The molecule has 1 aromatic rings. The smallest absolute Gasteiger partial charge is 0.276 e. The Morgan fingerprint density at radius 3 is 3.10 bits per heavy atom. The van der Waals surface area contributed by atoms with E-state index in [1.807, 2.05) is 5.38 Å². The maximum atomic E-state index is 10.3. The zero-order valence-corrected chi connectivity index (χ0v) is 12.2. The van der Waals surface area contributed by atoms with Gasteiger partial charge in [0, 0.05) is 12.4 Å². The molecule has 1 rings (SSSR count). The Kier molecular flexibility index (Phi) is 6.91. The number of nitrogens with two attached hydrogens (primary N) is 1. The highest BCUT2D eigenvalue weighted by molar-refractivity contribution is 7.13. The number of anilines is 1. The maximum absolute atomic E-state index is 10.3. The molecule has 10 nitrogen and oxygen atoms in total. The zero-order valence-electron chi connectivity index (χ0n) is 11.4. The fraction of sp³-hybridized carbons (Fsp3) is 0.400. The Bertz CT molecular complexity index is 517. The number of hydrogen-bond donors (Lipinski definition) is 5. The van der Waals surface area contributed by atoms with Gasteiger partial charge in [0.25, 0.3) is 6.20 Å². The summed E-state index contributed by atoms with van der Waals surface area (Å²) in [6.07, 6.45) is 2.15. The number of nitrogens with zero attached hydrogens (tertiary/aromatic N) is 2. The highest BCUT2D eigenvalue weighted by Gasteiger charge is 2.03. The number of rotatable bonds is 9. The summed E-state index contributed by atoms with van der Waals surface area (Å²) >= 11 is 1.36. The van der Waals surface area contributed by atoms with Crippen LogP contribution in [-0.2, 0) is 11.3 Å². The molecule has 0 saturated carbocycles. The molecule has 0 aliphatic carbocycles. The van der Waals surface area contributed by atoms with E-state index >= 15 is 0 Å². The molecular formula is C10H17N7O3S. The van der Waals surface area contributed by atoms with E-state index in [2.05, 4.69) is 21.1 Å². The molecule has 0 spiro atoms. The van der Waals surface area contributed by atoms with Crippen LogP contribution in [0.15, 0.2) is 17.4 Å². The van der Waals surface area contributed by atoms with Crippen molar-refractivity contribution in [3.8, 4) is 0 Å². The second-order valence-electron chi connectivity index (χ2n) is 3.81. The molecule has 11 heteroatoms. The van der Waals surface area contributed by atoms with E-state index in [1.54, 1.807) is 7.05 Å². The Labute approximate surface area is 125 Å². The Balaban J connectivity index is 2.23. The van der Waals surface area contributed by atoms with Gasteiger partial charge in [0.15, 0.2) is 16.9 Å². The number of hydrogen-bond acceptors (Lipinski definition) is 8. The average Bonchev–Trinajstić information content (AvgIpc) is 2.83. The highest BCUT2D eigenvalue weighted by atomic mass is 32.1. The van der Waals surface area contributed by atoms with Crippen LogP contribution < -0.4 is 21.8 Å². The van der Waals surface area contributed by atoms with Crippen LogP contribution in [0.5, 0.6) is 0 Å². The second-order valence-corrected chi connectivity index (χ2v) is 4.67. The molecule has 0 aromatic carbocycles. The molecular weight excluding hydrogens is 298 g/mol. The van der Waals surface area contributed by atoms with Gasteiger partial charge in [-0.05, 0) is 12.8 Å². The SMILES string of the molecule is CN/C(=C\[N+](=O)[O-])NOCCCc1csc(NC(=N)N)n1. The van der Waals surface area contributed by atoms with E-state index in [0.717, 1.165) is 11.9 Å². The number of hydroxylamine groups is 1. The molecule has 0 atom stereocenters. The molecule has 1 heterocycles. The van der Waals surface area contributed by atoms with Crippen LogP contribution in [0.1, 0.15) is 12.1 Å². The van der Waals surface area contributed by atoms with Crippen molar-refractivity contribution in [3.05, 3.63) is 33.2 Å². The van der Waals surface area contributed by atoms with Crippen LogP contribution in [0.2, 0.25) is 0 Å². The normalized spacial score (nSPS) is 11.0. The Hall–Kier alpha value is -2.40. The summed E-state index contributed by atoms with van der Waals surface area (Å²) < 4.78 is 0. The van der Waals surface area contributed by atoms with Crippen molar-refractivity contribution in [1.82, 2.24) is 15.8 Å². The minimum atomic E-state index is -0.582. The van der Waals surface area contributed by atoms with Crippen molar-refractivity contribution >= 4 is 22.4 Å². The molecule has 0 radical (unpaired) electrons. The molecule has 0 unspecified atom stereocenters. The van der Waals surface area contributed by atoms with E-state index in [1.165, 1.54) is 11.3 Å². The van der Waals surface area contributed by atoms with E-state index in [-0.39, 0.29) is 11.8 Å². The molecule has 0 saturated heterocycles. The summed E-state index contributed by atoms with van der Waals surface area (Å²) in [6.45, 7) is 0.365. The maximum Gasteiger partial charge on any atom is 0.276 e. The molecule has 1 aromatic heterocycles. The van der Waals surface area contributed by atoms with E-state index in [4.69, 9.17) is 16.0 Å². The van der Waals surface area contributed by atoms with E-state index in [0.29, 0.717) is 24.6 Å². The summed E-state index contributed by atoms with van der Waals surface area (Å²) in [5.74, 6) is 0.0159. The largest absolute Gasteiger partial charge is 0.370 e. The number of thiazole rings is 1. The summed E-state index contributed by atoms with van der Waals surface area (Å²) in [6, 6.07) is 0. The van der Waals surface area contributed by atoms with Crippen LogP contribution in [0.25, 0.3) is 0 Å². The first-order chi connectivity index (χ1) is 10.0. The van der Waals surface area contributed by atoms with Crippen LogP contribution >= 0.6 is 11.3 Å². The number of guanidine groups is 1. The van der Waals surface area contributed by atoms with Gasteiger partial charge in [-0.15, -0.1) is 11.3 Å². The number of aryl methyl sites for hydroxylation is 1. The molecule has 0 amide bonds. The third-order valence-electron chi connectivity index (χ3n) is 2.16. The fourth-order valence-corrected chi connectivity index (χ4v) is 2.05. The van der Waals surface area contributed by atoms with Gasteiger partial charge in [-0.3, -0.25) is 20.4 Å². The van der Waals surface area contributed by atoms with Gasteiger partial charge >= 0.3 is 0 Å². The average molecular weight is 315 g/mol. The lowest BCUT2D eigenvalue weighted by atomic mass is 10.3. The van der Waals surface area contributed by atoms with Crippen molar-refractivity contribution in [1.29, 1.82) is 5.41 Å². The lowest BCUT2D eigenvalue weighted by molar-refractivity contribution is -0.404. The van der Waals surface area contributed by atoms with Crippen LogP contribution in [-0.4, -0.2) is 29.5 Å². The highest BCUT2D eigenvalue weighted by Crippen LogP contribution is 2.15. The lowest BCUT2D eigenvalue weighted by Gasteiger charge is -2.07. The second kappa shape index (κ2) is 8.71. The first kappa shape index (κ1) is 16.7. The number of aromatic nitrogens is 1. The van der Waals surface area contributed by atoms with Gasteiger partial charge in [0.1, 0.15) is 0 Å². The first-order valence-corrected chi connectivity index (χ1v) is 6.85. The molecule has 0 aliphatic rings. The van der Waals surface area contributed by atoms with Crippen molar-refractivity contribution in [3.63, 3.8) is 0 Å². The van der Waals surface area contributed by atoms with E-state index in [9.17, 15) is 10.1 Å². The predicted octanol–water partition coefficient (Wildman–Crippen LogP) is 0.197. The number of nitrogens with one attached hydrogen (secondary N) is 4. The molecule has 6 N–H and O–H groups in total. The molecule has 0 fully saturated rings. The summed E-state index contributed by atoms with van der Waals surface area (Å²) in [7, 11) is 1.55. The lowest BCUT2D eigenvalue weighted by Crippen LogP contribution is -2.25. The quantitative estimate of drug-likeness (QED) is 0.142. The van der Waals surface area contributed by atoms with Crippen LogP contribution in [0.4, 0.5) is 5.13 Å². The number of nitro groups is 1. The minimum absolute atomic E-state index is 0.152. The monoisotopic (exact) mass is 315 g/mol. The Morgan fingerprint density at radius 2 is 2.48 bits per heavy atom. The van der Waals surface area contributed by atoms with Gasteiger partial charge in [-0.1, -0.05) is 0 Å². The standard InChI is InChI=1S/C10H17N7O3S/c1-13-8(5-17(18)19)16-20-4-2-3-7-6-21-10(14-7)15-9(11)12/h5-6,13,16H,2-4H2,1H3,(H4,11,12,14,15)/b8-5+. The summed E-state index contributed by atoms with van der Waals surface area (Å²) in [4.78, 5) is 19.0. The van der Waals surface area contributed by atoms with Gasteiger partial charge in [0.05, 0.1) is 17.2 Å².